The third-order valence-corrected chi connectivity index (χ3v) is 9.24. The van der Waals surface area contributed by atoms with Gasteiger partial charge < -0.3 is 25.4 Å². The molecule has 1 aliphatic heterocycles. The second kappa shape index (κ2) is 16.5. The number of nitrogens with zero attached hydrogens (tertiary/aromatic N) is 2. The number of aromatic nitrogens is 2. The van der Waals surface area contributed by atoms with Crippen molar-refractivity contribution in [2.45, 2.75) is 77.3 Å². The molecule has 0 fully saturated rings. The highest BCUT2D eigenvalue weighted by Crippen LogP contribution is 2.30. The van der Waals surface area contributed by atoms with Crippen molar-refractivity contribution in [3.05, 3.63) is 112 Å². The minimum atomic E-state index is -1.13. The van der Waals surface area contributed by atoms with Crippen LogP contribution in [0.5, 0.6) is 0 Å². The lowest BCUT2D eigenvalue weighted by molar-refractivity contribution is -0.133. The van der Waals surface area contributed by atoms with Gasteiger partial charge in [-0.15, -0.1) is 0 Å². The van der Waals surface area contributed by atoms with E-state index in [1.165, 1.54) is 12.1 Å². The number of hydrogen-bond acceptors (Lipinski definition) is 6. The van der Waals surface area contributed by atoms with Gasteiger partial charge in [0.25, 0.3) is 0 Å². The summed E-state index contributed by atoms with van der Waals surface area (Å²) >= 11 is 0. The van der Waals surface area contributed by atoms with Gasteiger partial charge in [-0.2, -0.15) is 0 Å². The number of carbonyl (C=O) groups is 3. The number of unbranched alkanes of at least 4 members (excludes halogenated alkanes) is 2. The van der Waals surface area contributed by atoms with Crippen molar-refractivity contribution < 1.29 is 24.6 Å². The van der Waals surface area contributed by atoms with E-state index in [9.17, 15) is 24.6 Å². The summed E-state index contributed by atoms with van der Waals surface area (Å²) in [5, 5.41) is 22.8. The molecule has 2 unspecified atom stereocenters. The molecule has 4 N–H and O–H groups in total. The second-order valence-electron chi connectivity index (χ2n) is 12.6. The first kappa shape index (κ1) is 34.7. The standard InChI is InChI=1S/C39H46N4O5/c1-3-5-19-43(20-6-4-2)38(46)31(26-11-8-7-9-12-26)18-16-29-24-41-37(42-29)33-17-15-27(39(47)48)21-35(33)36(45)32-14-10-13-28-23-40-30(25-44)22-34(28)32/h7-15,17,21,24,30-31,40,44H,3-6,16,18-20,22-23,25H2,1-2H3,(H,41,42)(H,47,48). The lowest BCUT2D eigenvalue weighted by Crippen LogP contribution is -2.39. The number of aliphatic hydroxyl groups excluding tert-OH is 1. The molecule has 2 heterocycles. The van der Waals surface area contributed by atoms with E-state index in [1.54, 1.807) is 18.3 Å². The Morgan fingerprint density at radius 2 is 1.71 bits per heavy atom. The number of H-pyrrole nitrogens is 1. The van der Waals surface area contributed by atoms with Crippen molar-refractivity contribution in [3.63, 3.8) is 0 Å². The molecule has 3 aromatic carbocycles. The number of benzene rings is 3. The maximum Gasteiger partial charge on any atom is 0.335 e. The van der Waals surface area contributed by atoms with Gasteiger partial charge in [0, 0.05) is 54.3 Å². The van der Waals surface area contributed by atoms with E-state index in [4.69, 9.17) is 0 Å². The highest BCUT2D eigenvalue weighted by molar-refractivity contribution is 6.14. The van der Waals surface area contributed by atoms with E-state index in [0.29, 0.717) is 42.8 Å². The van der Waals surface area contributed by atoms with Gasteiger partial charge in [0.15, 0.2) is 5.78 Å². The highest BCUT2D eigenvalue weighted by Gasteiger charge is 2.28. The van der Waals surface area contributed by atoms with Crippen LogP contribution in [0.4, 0.5) is 0 Å². The molecule has 0 saturated heterocycles. The molecule has 48 heavy (non-hydrogen) atoms. The van der Waals surface area contributed by atoms with Crippen LogP contribution in [0, 0.1) is 0 Å². The van der Waals surface area contributed by atoms with Crippen molar-refractivity contribution in [1.29, 1.82) is 0 Å². The Hall–Kier alpha value is -4.60. The molecule has 0 aliphatic carbocycles. The van der Waals surface area contributed by atoms with Crippen molar-refractivity contribution >= 4 is 17.7 Å². The molecule has 9 nitrogen and oxygen atoms in total. The predicted octanol–water partition coefficient (Wildman–Crippen LogP) is 6.16. The number of aryl methyl sites for hydroxylation is 1. The van der Waals surface area contributed by atoms with Crippen LogP contribution in [0.25, 0.3) is 11.4 Å². The molecule has 2 atom stereocenters. The predicted molar refractivity (Wildman–Crippen MR) is 186 cm³/mol. The monoisotopic (exact) mass is 650 g/mol. The molecule has 1 aromatic heterocycles. The number of carboxylic acid groups (broad SMARTS) is 1. The molecule has 0 saturated carbocycles. The molecular weight excluding hydrogens is 604 g/mol. The number of aromatic carboxylic acids is 1. The maximum atomic E-state index is 14.2. The molecule has 1 aliphatic rings. The van der Waals surface area contributed by atoms with Crippen LogP contribution in [0.1, 0.15) is 101 Å². The smallest absolute Gasteiger partial charge is 0.335 e. The SMILES string of the molecule is CCCCN(CCCC)C(=O)C(CCc1cnc(-c2ccc(C(=O)O)cc2C(=O)c2cccc3c2CC(CO)NC3)[nH]1)c1ccccc1. The number of aromatic amines is 1. The molecule has 1 amide bonds. The number of carbonyl (C=O) groups excluding carboxylic acids is 2. The molecular formula is C39H46N4O5. The fraction of sp³-hybridized carbons (Fsp3) is 0.385. The summed E-state index contributed by atoms with van der Waals surface area (Å²) in [6.45, 7) is 6.25. The maximum absolute atomic E-state index is 14.2. The van der Waals surface area contributed by atoms with Crippen LogP contribution in [0.3, 0.4) is 0 Å². The molecule has 0 spiro atoms. The van der Waals surface area contributed by atoms with Crippen LogP contribution < -0.4 is 5.32 Å². The molecule has 252 valence electrons. The van der Waals surface area contributed by atoms with Gasteiger partial charge in [-0.3, -0.25) is 9.59 Å². The van der Waals surface area contributed by atoms with Crippen molar-refractivity contribution in [2.24, 2.45) is 0 Å². The molecule has 4 aromatic rings. The van der Waals surface area contributed by atoms with Gasteiger partial charge in [0.1, 0.15) is 5.82 Å². The van der Waals surface area contributed by atoms with E-state index >= 15 is 0 Å². The van der Waals surface area contributed by atoms with E-state index < -0.39 is 5.97 Å². The van der Waals surface area contributed by atoms with Crippen LogP contribution in [-0.2, 0) is 24.2 Å². The zero-order chi connectivity index (χ0) is 34.0. The van der Waals surface area contributed by atoms with Crippen LogP contribution >= 0.6 is 0 Å². The van der Waals surface area contributed by atoms with Gasteiger partial charge >= 0.3 is 5.97 Å². The molecule has 0 bridgehead atoms. The van der Waals surface area contributed by atoms with Gasteiger partial charge in [-0.25, -0.2) is 9.78 Å². The average Bonchev–Trinajstić information content (AvgIpc) is 3.60. The third kappa shape index (κ3) is 8.09. The Balaban J connectivity index is 1.43. The Bertz CT molecular complexity index is 1710. The van der Waals surface area contributed by atoms with Crippen LogP contribution in [0.15, 0.2) is 72.9 Å². The topological polar surface area (TPSA) is 136 Å². The number of imidazole rings is 1. The van der Waals surface area contributed by atoms with E-state index in [0.717, 1.165) is 61.2 Å². The minimum absolute atomic E-state index is 0.00787. The fourth-order valence-corrected chi connectivity index (χ4v) is 6.46. The van der Waals surface area contributed by atoms with Crippen LogP contribution in [0.2, 0.25) is 0 Å². The van der Waals surface area contributed by atoms with Crippen molar-refractivity contribution in [3.8, 4) is 11.4 Å². The van der Waals surface area contributed by atoms with Gasteiger partial charge in [-0.05, 0) is 67.0 Å². The third-order valence-electron chi connectivity index (χ3n) is 9.24. The number of carboxylic acids is 1. The normalized spacial score (nSPS) is 14.7. The van der Waals surface area contributed by atoms with E-state index in [1.807, 2.05) is 47.4 Å². The molecule has 0 radical (unpaired) electrons. The summed E-state index contributed by atoms with van der Waals surface area (Å²) in [7, 11) is 0. The van der Waals surface area contributed by atoms with E-state index in [2.05, 4.69) is 29.1 Å². The zero-order valence-electron chi connectivity index (χ0n) is 27.9. The zero-order valence-corrected chi connectivity index (χ0v) is 27.9. The lowest BCUT2D eigenvalue weighted by atomic mass is 9.87. The average molecular weight is 651 g/mol. The number of nitrogens with one attached hydrogen (secondary N) is 2. The number of amides is 1. The molecule has 9 heteroatoms. The number of ketones is 1. The summed E-state index contributed by atoms with van der Waals surface area (Å²) < 4.78 is 0. The number of fused-ring (bicyclic) bond motifs is 1. The second-order valence-corrected chi connectivity index (χ2v) is 12.6. The number of rotatable bonds is 16. The Labute approximate surface area is 282 Å². The quantitative estimate of drug-likeness (QED) is 0.107. The van der Waals surface area contributed by atoms with E-state index in [-0.39, 0.29) is 41.4 Å². The van der Waals surface area contributed by atoms with Crippen molar-refractivity contribution in [2.75, 3.05) is 19.7 Å². The fourth-order valence-electron chi connectivity index (χ4n) is 6.46. The molecule has 5 rings (SSSR count). The first-order chi connectivity index (χ1) is 23.3. The number of hydrogen-bond donors (Lipinski definition) is 4. The largest absolute Gasteiger partial charge is 0.478 e. The summed E-state index contributed by atoms with van der Waals surface area (Å²) in [5.74, 6) is -1.13. The summed E-state index contributed by atoms with van der Waals surface area (Å²) in [6, 6.07) is 19.8. The number of aliphatic hydroxyl groups is 1. The van der Waals surface area contributed by atoms with Crippen molar-refractivity contribution in [1.82, 2.24) is 20.2 Å². The summed E-state index contributed by atoms with van der Waals surface area (Å²) in [6.07, 6.45) is 7.34. The summed E-state index contributed by atoms with van der Waals surface area (Å²) in [4.78, 5) is 50.2. The highest BCUT2D eigenvalue weighted by atomic mass is 16.4. The lowest BCUT2D eigenvalue weighted by Gasteiger charge is -2.28. The Kier molecular flexibility index (Phi) is 11.9. The van der Waals surface area contributed by atoms with Gasteiger partial charge in [-0.1, -0.05) is 75.2 Å². The summed E-state index contributed by atoms with van der Waals surface area (Å²) in [5.41, 5.74) is 4.88. The van der Waals surface area contributed by atoms with Gasteiger partial charge in [0.05, 0.1) is 18.1 Å². The minimum Gasteiger partial charge on any atom is -0.478 e. The first-order valence-corrected chi connectivity index (χ1v) is 17.1. The first-order valence-electron chi connectivity index (χ1n) is 17.1. The Morgan fingerprint density at radius 3 is 2.40 bits per heavy atom. The van der Waals surface area contributed by atoms with Crippen LogP contribution in [-0.4, -0.2) is 68.5 Å². The van der Waals surface area contributed by atoms with Gasteiger partial charge in [0.2, 0.25) is 5.91 Å². The Morgan fingerprint density at radius 1 is 0.958 bits per heavy atom.